The van der Waals surface area contributed by atoms with E-state index in [4.69, 9.17) is 0 Å². The van der Waals surface area contributed by atoms with Gasteiger partial charge in [-0.2, -0.15) is 0 Å². The molecule has 2 aliphatic heterocycles. The summed E-state index contributed by atoms with van der Waals surface area (Å²) in [4.78, 5) is 43.9. The van der Waals surface area contributed by atoms with E-state index >= 15 is 0 Å². The van der Waals surface area contributed by atoms with E-state index in [9.17, 15) is 14.4 Å². The first-order valence-corrected chi connectivity index (χ1v) is 11.3. The lowest BCUT2D eigenvalue weighted by Crippen LogP contribution is -2.52. The van der Waals surface area contributed by atoms with Gasteiger partial charge < -0.3 is 15.1 Å². The summed E-state index contributed by atoms with van der Waals surface area (Å²) in [5.41, 5.74) is 3.32. The standard InChI is InChI=1S/C25H30N4O3/c1-3-19-8-10-20(11-9-19)25(32)28-14-12-27(13-15-28)17-24(31)29-18(2)16-23(30)26-21-6-4-5-7-22(21)29/h4-11,18H,3,12-17H2,1-2H3,(H,26,30). The lowest BCUT2D eigenvalue weighted by atomic mass is 10.1. The van der Waals surface area contributed by atoms with Crippen molar-refractivity contribution in [2.24, 2.45) is 0 Å². The average Bonchev–Trinajstić information content (AvgIpc) is 2.93. The second-order valence-electron chi connectivity index (χ2n) is 8.50. The molecule has 0 radical (unpaired) electrons. The highest BCUT2D eigenvalue weighted by atomic mass is 16.2. The number of nitrogens with zero attached hydrogens (tertiary/aromatic N) is 3. The van der Waals surface area contributed by atoms with Crippen LogP contribution in [0, 0.1) is 0 Å². The van der Waals surface area contributed by atoms with Gasteiger partial charge in [0.1, 0.15) is 0 Å². The van der Waals surface area contributed by atoms with E-state index in [1.165, 1.54) is 5.56 Å². The van der Waals surface area contributed by atoms with Crippen LogP contribution in [0.1, 0.15) is 36.2 Å². The van der Waals surface area contributed by atoms with Gasteiger partial charge in [-0.25, -0.2) is 0 Å². The van der Waals surface area contributed by atoms with E-state index < -0.39 is 0 Å². The van der Waals surface area contributed by atoms with E-state index in [1.54, 1.807) is 4.90 Å². The molecule has 0 bridgehead atoms. The summed E-state index contributed by atoms with van der Waals surface area (Å²) in [5, 5.41) is 2.89. The van der Waals surface area contributed by atoms with Crippen molar-refractivity contribution in [2.75, 3.05) is 42.9 Å². The molecule has 168 valence electrons. The van der Waals surface area contributed by atoms with Crippen LogP contribution in [-0.4, -0.2) is 66.3 Å². The van der Waals surface area contributed by atoms with Crippen molar-refractivity contribution in [3.8, 4) is 0 Å². The first-order chi connectivity index (χ1) is 15.5. The van der Waals surface area contributed by atoms with Crippen molar-refractivity contribution < 1.29 is 14.4 Å². The van der Waals surface area contributed by atoms with Crippen LogP contribution in [0.25, 0.3) is 0 Å². The molecular weight excluding hydrogens is 404 g/mol. The van der Waals surface area contributed by atoms with Crippen LogP contribution in [0.15, 0.2) is 48.5 Å². The van der Waals surface area contributed by atoms with Gasteiger partial charge in [-0.3, -0.25) is 19.3 Å². The Kier molecular flexibility index (Phi) is 6.55. The Morgan fingerprint density at radius 3 is 2.38 bits per heavy atom. The molecule has 0 aromatic heterocycles. The molecule has 7 heteroatoms. The number of anilines is 2. The Morgan fingerprint density at radius 1 is 1.00 bits per heavy atom. The zero-order chi connectivity index (χ0) is 22.7. The van der Waals surface area contributed by atoms with Crippen LogP contribution in [-0.2, 0) is 16.0 Å². The van der Waals surface area contributed by atoms with Gasteiger partial charge in [-0.05, 0) is 43.2 Å². The number of piperazine rings is 1. The number of para-hydroxylation sites is 2. The molecule has 0 saturated carbocycles. The molecule has 0 aliphatic carbocycles. The van der Waals surface area contributed by atoms with Crippen molar-refractivity contribution in [1.29, 1.82) is 0 Å². The van der Waals surface area contributed by atoms with Crippen LogP contribution in [0.2, 0.25) is 0 Å². The molecular formula is C25H30N4O3. The topological polar surface area (TPSA) is 73.0 Å². The molecule has 4 rings (SSSR count). The van der Waals surface area contributed by atoms with Gasteiger partial charge in [0.25, 0.3) is 5.91 Å². The maximum atomic E-state index is 13.3. The van der Waals surface area contributed by atoms with E-state index in [0.717, 1.165) is 12.1 Å². The summed E-state index contributed by atoms with van der Waals surface area (Å²) in [6.45, 7) is 6.73. The fourth-order valence-electron chi connectivity index (χ4n) is 4.41. The van der Waals surface area contributed by atoms with Crippen LogP contribution in [0.3, 0.4) is 0 Å². The first kappa shape index (κ1) is 22.0. The van der Waals surface area contributed by atoms with Crippen molar-refractivity contribution in [1.82, 2.24) is 9.80 Å². The molecule has 2 aliphatic rings. The fourth-order valence-corrected chi connectivity index (χ4v) is 4.41. The predicted molar refractivity (Wildman–Crippen MR) is 125 cm³/mol. The number of hydrogen-bond donors (Lipinski definition) is 1. The van der Waals surface area contributed by atoms with E-state index in [1.807, 2.05) is 60.4 Å². The zero-order valence-electron chi connectivity index (χ0n) is 18.7. The number of nitrogens with one attached hydrogen (secondary N) is 1. The minimum absolute atomic E-state index is 0.0311. The zero-order valence-corrected chi connectivity index (χ0v) is 18.7. The molecule has 7 nitrogen and oxygen atoms in total. The van der Waals surface area contributed by atoms with Crippen LogP contribution in [0.4, 0.5) is 11.4 Å². The SMILES string of the molecule is CCc1ccc(C(=O)N2CCN(CC(=O)N3c4ccccc4NC(=O)CC3C)CC2)cc1. The maximum absolute atomic E-state index is 13.3. The van der Waals surface area contributed by atoms with Crippen LogP contribution in [0.5, 0.6) is 0 Å². The summed E-state index contributed by atoms with van der Waals surface area (Å²) in [6.07, 6.45) is 1.21. The smallest absolute Gasteiger partial charge is 0.253 e. The van der Waals surface area contributed by atoms with Gasteiger partial charge in [-0.15, -0.1) is 0 Å². The minimum Gasteiger partial charge on any atom is -0.336 e. The third kappa shape index (κ3) is 4.67. The van der Waals surface area contributed by atoms with E-state index in [0.29, 0.717) is 37.4 Å². The lowest BCUT2D eigenvalue weighted by molar-refractivity contribution is -0.120. The number of aryl methyl sites for hydroxylation is 1. The molecule has 0 spiro atoms. The normalized spacial score (nSPS) is 19.2. The molecule has 2 heterocycles. The molecule has 2 aromatic rings. The van der Waals surface area contributed by atoms with Gasteiger partial charge in [0.2, 0.25) is 11.8 Å². The molecule has 1 fully saturated rings. The number of carbonyl (C=O) groups is 3. The van der Waals surface area contributed by atoms with Crippen LogP contribution < -0.4 is 10.2 Å². The van der Waals surface area contributed by atoms with Crippen molar-refractivity contribution in [3.05, 3.63) is 59.7 Å². The van der Waals surface area contributed by atoms with Crippen molar-refractivity contribution >= 4 is 29.1 Å². The highest BCUT2D eigenvalue weighted by Crippen LogP contribution is 2.31. The molecule has 1 N–H and O–H groups in total. The molecule has 3 amide bonds. The fraction of sp³-hybridized carbons (Fsp3) is 0.400. The second-order valence-corrected chi connectivity index (χ2v) is 8.50. The molecule has 1 atom stereocenters. The first-order valence-electron chi connectivity index (χ1n) is 11.3. The maximum Gasteiger partial charge on any atom is 0.253 e. The Hall–Kier alpha value is -3.19. The molecule has 1 unspecified atom stereocenters. The predicted octanol–water partition coefficient (Wildman–Crippen LogP) is 2.77. The highest BCUT2D eigenvalue weighted by Gasteiger charge is 2.31. The third-order valence-corrected chi connectivity index (χ3v) is 6.26. The van der Waals surface area contributed by atoms with Crippen molar-refractivity contribution in [2.45, 2.75) is 32.7 Å². The Bertz CT molecular complexity index is 997. The summed E-state index contributed by atoms with van der Waals surface area (Å²) >= 11 is 0. The molecule has 2 aromatic carbocycles. The largest absolute Gasteiger partial charge is 0.336 e. The summed E-state index contributed by atoms with van der Waals surface area (Å²) in [7, 11) is 0. The Labute approximate surface area is 189 Å². The van der Waals surface area contributed by atoms with Gasteiger partial charge >= 0.3 is 0 Å². The van der Waals surface area contributed by atoms with Gasteiger partial charge in [-0.1, -0.05) is 31.2 Å². The van der Waals surface area contributed by atoms with Crippen LogP contribution >= 0.6 is 0 Å². The van der Waals surface area contributed by atoms with Gasteiger partial charge in [0.15, 0.2) is 0 Å². The second kappa shape index (κ2) is 9.53. The number of rotatable bonds is 4. The lowest BCUT2D eigenvalue weighted by Gasteiger charge is -2.36. The molecule has 1 saturated heterocycles. The quantitative estimate of drug-likeness (QED) is 0.803. The van der Waals surface area contributed by atoms with Gasteiger partial charge in [0.05, 0.1) is 17.9 Å². The molecule has 32 heavy (non-hydrogen) atoms. The number of fused-ring (bicyclic) bond motifs is 1. The number of amides is 3. The van der Waals surface area contributed by atoms with Crippen molar-refractivity contribution in [3.63, 3.8) is 0 Å². The summed E-state index contributed by atoms with van der Waals surface area (Å²) in [6, 6.07) is 15.0. The average molecular weight is 435 g/mol. The van der Waals surface area contributed by atoms with Gasteiger partial charge in [0, 0.05) is 44.2 Å². The summed E-state index contributed by atoms with van der Waals surface area (Å²) in [5.74, 6) is -0.0750. The monoisotopic (exact) mass is 434 g/mol. The minimum atomic E-state index is -0.222. The van der Waals surface area contributed by atoms with E-state index in [-0.39, 0.29) is 36.7 Å². The number of carbonyl (C=O) groups excluding carboxylic acids is 3. The third-order valence-electron chi connectivity index (χ3n) is 6.26. The Morgan fingerprint density at radius 2 is 1.69 bits per heavy atom. The highest BCUT2D eigenvalue weighted by molar-refractivity contribution is 6.05. The van der Waals surface area contributed by atoms with E-state index in [2.05, 4.69) is 17.1 Å². The number of benzene rings is 2. The Balaban J connectivity index is 1.38. The summed E-state index contributed by atoms with van der Waals surface area (Å²) < 4.78 is 0. The number of hydrogen-bond acceptors (Lipinski definition) is 4.